The molecule has 15 heavy (non-hydrogen) atoms. The van der Waals surface area contributed by atoms with Gasteiger partial charge in [0.15, 0.2) is 0 Å². The summed E-state index contributed by atoms with van der Waals surface area (Å²) in [6.45, 7) is 3.91. The van der Waals surface area contributed by atoms with Gasteiger partial charge in [-0.1, -0.05) is 6.42 Å². The lowest BCUT2D eigenvalue weighted by atomic mass is 10.1. The Hall–Kier alpha value is -1.10. The van der Waals surface area contributed by atoms with Crippen molar-refractivity contribution >= 4 is 11.8 Å². The molecule has 1 aliphatic heterocycles. The third-order valence-electron chi connectivity index (χ3n) is 2.62. The van der Waals surface area contributed by atoms with E-state index in [9.17, 15) is 9.59 Å². The predicted molar refractivity (Wildman–Crippen MR) is 57.1 cm³/mol. The van der Waals surface area contributed by atoms with E-state index in [0.29, 0.717) is 6.54 Å². The lowest BCUT2D eigenvalue weighted by Gasteiger charge is -2.26. The number of carbonyl (C=O) groups is 2. The van der Waals surface area contributed by atoms with E-state index in [-0.39, 0.29) is 5.91 Å². The maximum absolute atomic E-state index is 11.5. The van der Waals surface area contributed by atoms with E-state index < -0.39 is 11.9 Å². The molecule has 0 aromatic heterocycles. The Morgan fingerprint density at radius 1 is 1.33 bits per heavy atom. The van der Waals surface area contributed by atoms with Gasteiger partial charge in [0.05, 0.1) is 6.54 Å². The highest BCUT2D eigenvalue weighted by Gasteiger charge is 2.16. The number of carbonyl (C=O) groups excluding carboxylic acids is 2. The smallest absolute Gasteiger partial charge is 0.239 e. The SMILES string of the molecule is CC(NC(=O)CN1CCCCC1)C(N)=O. The molecule has 0 bridgehead atoms. The van der Waals surface area contributed by atoms with Crippen LogP contribution < -0.4 is 11.1 Å². The summed E-state index contributed by atoms with van der Waals surface area (Å²) < 4.78 is 0. The van der Waals surface area contributed by atoms with Gasteiger partial charge in [0, 0.05) is 0 Å². The fourth-order valence-electron chi connectivity index (χ4n) is 1.68. The number of nitrogens with two attached hydrogens (primary N) is 1. The minimum Gasteiger partial charge on any atom is -0.368 e. The van der Waals surface area contributed by atoms with E-state index in [4.69, 9.17) is 5.73 Å². The van der Waals surface area contributed by atoms with Crippen molar-refractivity contribution in [3.63, 3.8) is 0 Å². The van der Waals surface area contributed by atoms with Gasteiger partial charge in [-0.15, -0.1) is 0 Å². The van der Waals surface area contributed by atoms with Crippen LogP contribution >= 0.6 is 0 Å². The van der Waals surface area contributed by atoms with Gasteiger partial charge in [0.1, 0.15) is 6.04 Å². The molecule has 1 heterocycles. The summed E-state index contributed by atoms with van der Waals surface area (Å²) in [4.78, 5) is 24.3. The summed E-state index contributed by atoms with van der Waals surface area (Å²) >= 11 is 0. The largest absolute Gasteiger partial charge is 0.368 e. The van der Waals surface area contributed by atoms with Crippen molar-refractivity contribution in [3.8, 4) is 0 Å². The molecule has 0 aliphatic carbocycles. The topological polar surface area (TPSA) is 75.4 Å². The van der Waals surface area contributed by atoms with Crippen LogP contribution in [0.15, 0.2) is 0 Å². The first kappa shape index (κ1) is 12.0. The highest BCUT2D eigenvalue weighted by Crippen LogP contribution is 2.07. The highest BCUT2D eigenvalue weighted by molar-refractivity contribution is 5.86. The summed E-state index contributed by atoms with van der Waals surface area (Å²) in [5, 5.41) is 2.57. The maximum atomic E-state index is 11.5. The molecule has 0 aromatic rings. The Bertz CT molecular complexity index is 237. The standard InChI is InChI=1S/C10H19N3O2/c1-8(10(11)15)12-9(14)7-13-5-3-2-4-6-13/h8H,2-7H2,1H3,(H2,11,15)(H,12,14). The molecule has 5 heteroatoms. The molecule has 3 N–H and O–H groups in total. The van der Waals surface area contributed by atoms with Gasteiger partial charge in [-0.2, -0.15) is 0 Å². The predicted octanol–water partition coefficient (Wildman–Crippen LogP) is -0.538. The summed E-state index contributed by atoms with van der Waals surface area (Å²) in [5.41, 5.74) is 5.05. The van der Waals surface area contributed by atoms with E-state index >= 15 is 0 Å². The normalized spacial score (nSPS) is 19.5. The van der Waals surface area contributed by atoms with Crippen LogP contribution in [-0.4, -0.2) is 42.4 Å². The number of rotatable bonds is 4. The average molecular weight is 213 g/mol. The van der Waals surface area contributed by atoms with E-state index in [0.717, 1.165) is 25.9 Å². The second-order valence-electron chi connectivity index (χ2n) is 4.03. The van der Waals surface area contributed by atoms with Crippen molar-refractivity contribution in [2.45, 2.75) is 32.2 Å². The second-order valence-corrected chi connectivity index (χ2v) is 4.03. The first-order chi connectivity index (χ1) is 7.09. The molecule has 0 saturated carbocycles. The van der Waals surface area contributed by atoms with Gasteiger partial charge in [-0.3, -0.25) is 14.5 Å². The van der Waals surface area contributed by atoms with Crippen LogP contribution in [0.2, 0.25) is 0 Å². The van der Waals surface area contributed by atoms with E-state index in [1.165, 1.54) is 6.42 Å². The number of hydrogen-bond acceptors (Lipinski definition) is 3. The molecular weight excluding hydrogens is 194 g/mol. The maximum Gasteiger partial charge on any atom is 0.239 e. The number of nitrogens with one attached hydrogen (secondary N) is 1. The molecule has 0 spiro atoms. The van der Waals surface area contributed by atoms with Crippen molar-refractivity contribution in [1.29, 1.82) is 0 Å². The van der Waals surface area contributed by atoms with Crippen molar-refractivity contribution < 1.29 is 9.59 Å². The molecule has 5 nitrogen and oxygen atoms in total. The van der Waals surface area contributed by atoms with Gasteiger partial charge >= 0.3 is 0 Å². The van der Waals surface area contributed by atoms with Gasteiger partial charge in [-0.25, -0.2) is 0 Å². The molecule has 2 amide bonds. The molecule has 1 fully saturated rings. The minimum absolute atomic E-state index is 0.122. The number of nitrogens with zero attached hydrogens (tertiary/aromatic N) is 1. The van der Waals surface area contributed by atoms with Crippen molar-refractivity contribution in [1.82, 2.24) is 10.2 Å². The summed E-state index contributed by atoms with van der Waals surface area (Å²) in [6.07, 6.45) is 3.55. The average Bonchev–Trinajstić information content (AvgIpc) is 2.18. The fourth-order valence-corrected chi connectivity index (χ4v) is 1.68. The van der Waals surface area contributed by atoms with Gasteiger partial charge < -0.3 is 11.1 Å². The van der Waals surface area contributed by atoms with Crippen molar-refractivity contribution in [3.05, 3.63) is 0 Å². The van der Waals surface area contributed by atoms with E-state index in [1.807, 2.05) is 0 Å². The third kappa shape index (κ3) is 4.29. The zero-order valence-corrected chi connectivity index (χ0v) is 9.16. The second kappa shape index (κ2) is 5.70. The quantitative estimate of drug-likeness (QED) is 0.658. The van der Waals surface area contributed by atoms with Crippen LogP contribution in [0.1, 0.15) is 26.2 Å². The summed E-state index contributed by atoms with van der Waals surface area (Å²) in [5.74, 6) is -0.620. The zero-order valence-electron chi connectivity index (χ0n) is 9.16. The zero-order chi connectivity index (χ0) is 11.3. The minimum atomic E-state index is -0.581. The molecule has 1 rings (SSSR count). The van der Waals surface area contributed by atoms with Crippen molar-refractivity contribution in [2.24, 2.45) is 5.73 Å². The molecule has 1 aliphatic rings. The number of hydrogen-bond donors (Lipinski definition) is 2. The van der Waals surface area contributed by atoms with Crippen LogP contribution in [0.5, 0.6) is 0 Å². The fraction of sp³-hybridized carbons (Fsp3) is 0.800. The van der Waals surface area contributed by atoms with Crippen LogP contribution in [0, 0.1) is 0 Å². The Morgan fingerprint density at radius 2 is 1.93 bits per heavy atom. The van der Waals surface area contributed by atoms with Gasteiger partial charge in [0.2, 0.25) is 11.8 Å². The van der Waals surface area contributed by atoms with E-state index in [1.54, 1.807) is 6.92 Å². The molecular formula is C10H19N3O2. The number of amides is 2. The molecule has 1 atom stereocenters. The van der Waals surface area contributed by atoms with Crippen LogP contribution in [0.25, 0.3) is 0 Å². The van der Waals surface area contributed by atoms with Crippen LogP contribution in [0.3, 0.4) is 0 Å². The lowest BCUT2D eigenvalue weighted by molar-refractivity contribution is -0.127. The van der Waals surface area contributed by atoms with Gasteiger partial charge in [-0.05, 0) is 32.9 Å². The molecule has 1 unspecified atom stereocenters. The number of likely N-dealkylation sites (tertiary alicyclic amines) is 1. The van der Waals surface area contributed by atoms with Crippen molar-refractivity contribution in [2.75, 3.05) is 19.6 Å². The first-order valence-electron chi connectivity index (χ1n) is 5.40. The lowest BCUT2D eigenvalue weighted by Crippen LogP contribution is -2.47. The van der Waals surface area contributed by atoms with Crippen LogP contribution in [0.4, 0.5) is 0 Å². The summed E-state index contributed by atoms with van der Waals surface area (Å²) in [6, 6.07) is -0.581. The van der Waals surface area contributed by atoms with Gasteiger partial charge in [0.25, 0.3) is 0 Å². The third-order valence-corrected chi connectivity index (χ3v) is 2.62. The molecule has 86 valence electrons. The Morgan fingerprint density at radius 3 is 2.47 bits per heavy atom. The Kier molecular flexibility index (Phi) is 4.55. The molecule has 0 aromatic carbocycles. The first-order valence-corrected chi connectivity index (χ1v) is 5.40. The monoisotopic (exact) mass is 213 g/mol. The Balaban J connectivity index is 2.25. The molecule has 1 saturated heterocycles. The van der Waals surface area contributed by atoms with E-state index in [2.05, 4.69) is 10.2 Å². The highest BCUT2D eigenvalue weighted by atomic mass is 16.2. The number of piperidine rings is 1. The number of primary amides is 1. The Labute approximate surface area is 90.0 Å². The summed E-state index contributed by atoms with van der Waals surface area (Å²) in [7, 11) is 0. The van der Waals surface area contributed by atoms with Crippen LogP contribution in [-0.2, 0) is 9.59 Å². The molecule has 0 radical (unpaired) electrons.